The molecule has 1 N–H and O–H groups in total. The van der Waals surface area contributed by atoms with E-state index < -0.39 is 0 Å². The third-order valence-electron chi connectivity index (χ3n) is 7.08. The molecule has 0 heterocycles. The zero-order valence-corrected chi connectivity index (χ0v) is 23.5. The molecular formula is C38H32N4. The van der Waals surface area contributed by atoms with Crippen LogP contribution in [0.2, 0.25) is 0 Å². The minimum Gasteiger partial charge on any atom is -0.356 e. The summed E-state index contributed by atoms with van der Waals surface area (Å²) in [5.41, 5.74) is 9.89. The fraction of sp³-hybridized carbons (Fsp3) is 0.0263. The van der Waals surface area contributed by atoms with Crippen molar-refractivity contribution in [3.05, 3.63) is 169 Å². The summed E-state index contributed by atoms with van der Waals surface area (Å²) < 4.78 is 0. The van der Waals surface area contributed by atoms with Crippen LogP contribution in [0.25, 0.3) is 11.1 Å². The number of para-hydroxylation sites is 3. The van der Waals surface area contributed by atoms with Gasteiger partial charge in [-0.25, -0.2) is 0 Å². The van der Waals surface area contributed by atoms with Gasteiger partial charge in [0.05, 0.1) is 11.9 Å². The van der Waals surface area contributed by atoms with Crippen molar-refractivity contribution < 1.29 is 0 Å². The van der Waals surface area contributed by atoms with Gasteiger partial charge in [-0.15, -0.1) is 0 Å². The number of hydrogen-bond donors (Lipinski definition) is 1. The lowest BCUT2D eigenvalue weighted by Crippen LogP contribution is -2.09. The van der Waals surface area contributed by atoms with Gasteiger partial charge in [0.2, 0.25) is 0 Å². The molecule has 0 bridgehead atoms. The highest BCUT2D eigenvalue weighted by Crippen LogP contribution is 2.35. The maximum atomic E-state index is 4.55. The molecule has 0 amide bonds. The van der Waals surface area contributed by atoms with Crippen molar-refractivity contribution in [3.8, 4) is 11.1 Å². The molecule has 0 atom stereocenters. The lowest BCUT2D eigenvalue weighted by Gasteiger charge is -2.25. The molecular weight excluding hydrogens is 512 g/mol. The zero-order chi connectivity index (χ0) is 28.6. The van der Waals surface area contributed by atoms with E-state index >= 15 is 0 Å². The molecule has 0 aliphatic heterocycles. The summed E-state index contributed by atoms with van der Waals surface area (Å²) >= 11 is 0. The van der Waals surface area contributed by atoms with Crippen molar-refractivity contribution in [2.24, 2.45) is 5.10 Å². The highest BCUT2D eigenvalue weighted by Gasteiger charge is 2.12. The van der Waals surface area contributed by atoms with Crippen LogP contribution in [0.4, 0.5) is 34.1 Å². The Balaban J connectivity index is 1.12. The van der Waals surface area contributed by atoms with Gasteiger partial charge < -0.3 is 10.2 Å². The normalized spacial score (nSPS) is 10.9. The topological polar surface area (TPSA) is 30.9 Å². The number of anilines is 6. The van der Waals surface area contributed by atoms with Crippen LogP contribution >= 0.6 is 0 Å². The van der Waals surface area contributed by atoms with Gasteiger partial charge in [0.25, 0.3) is 0 Å². The number of nitrogens with one attached hydrogen (secondary N) is 1. The summed E-state index contributed by atoms with van der Waals surface area (Å²) in [5, 5.41) is 9.91. The highest BCUT2D eigenvalue weighted by molar-refractivity contribution is 5.82. The number of hydrogen-bond acceptors (Lipinski definition) is 4. The van der Waals surface area contributed by atoms with Gasteiger partial charge >= 0.3 is 0 Å². The van der Waals surface area contributed by atoms with E-state index in [0.717, 1.165) is 39.7 Å². The summed E-state index contributed by atoms with van der Waals surface area (Å²) in [5.74, 6) is 0. The third-order valence-corrected chi connectivity index (χ3v) is 7.08. The van der Waals surface area contributed by atoms with E-state index in [9.17, 15) is 0 Å². The molecule has 0 aliphatic rings. The van der Waals surface area contributed by atoms with Gasteiger partial charge in [-0.05, 0) is 89.5 Å². The molecule has 4 nitrogen and oxygen atoms in total. The largest absolute Gasteiger partial charge is 0.356 e. The fourth-order valence-corrected chi connectivity index (χ4v) is 4.83. The van der Waals surface area contributed by atoms with Crippen molar-refractivity contribution in [2.45, 2.75) is 0 Å². The van der Waals surface area contributed by atoms with E-state index in [-0.39, 0.29) is 0 Å². The van der Waals surface area contributed by atoms with E-state index in [1.54, 1.807) is 0 Å². The Hall–Kier alpha value is -5.61. The molecule has 0 unspecified atom stereocenters. The first-order chi connectivity index (χ1) is 20.7. The van der Waals surface area contributed by atoms with E-state index in [0.29, 0.717) is 0 Å². The van der Waals surface area contributed by atoms with E-state index in [1.165, 1.54) is 11.1 Å². The summed E-state index contributed by atoms with van der Waals surface area (Å²) in [7, 11) is 1.95. The molecule has 0 saturated heterocycles. The van der Waals surface area contributed by atoms with Gasteiger partial charge in [0.15, 0.2) is 0 Å². The number of nitrogens with zero attached hydrogens (tertiary/aromatic N) is 3. The molecule has 0 aromatic heterocycles. The Kier molecular flexibility index (Phi) is 8.05. The second kappa shape index (κ2) is 12.7. The Bertz CT molecular complexity index is 1670. The predicted octanol–water partition coefficient (Wildman–Crippen LogP) is 10.0. The molecule has 0 fully saturated rings. The van der Waals surface area contributed by atoms with Crippen LogP contribution in [0.1, 0.15) is 5.56 Å². The van der Waals surface area contributed by atoms with Crippen molar-refractivity contribution in [3.63, 3.8) is 0 Å². The van der Waals surface area contributed by atoms with Crippen molar-refractivity contribution >= 4 is 40.3 Å². The summed E-state index contributed by atoms with van der Waals surface area (Å²) in [4.78, 5) is 2.27. The summed E-state index contributed by atoms with van der Waals surface area (Å²) in [6.07, 6.45) is 1.87. The number of hydrazone groups is 1. The summed E-state index contributed by atoms with van der Waals surface area (Å²) in [6, 6.07) is 56.6. The summed E-state index contributed by atoms with van der Waals surface area (Å²) in [6.45, 7) is 0. The molecule has 6 aromatic rings. The average molecular weight is 545 g/mol. The Labute approximate surface area is 247 Å². The third kappa shape index (κ3) is 6.40. The molecule has 0 aliphatic carbocycles. The second-order valence-electron chi connectivity index (χ2n) is 9.98. The molecule has 0 saturated carbocycles. The van der Waals surface area contributed by atoms with E-state index in [4.69, 9.17) is 0 Å². The van der Waals surface area contributed by atoms with Gasteiger partial charge in [-0.1, -0.05) is 91.0 Å². The smallest absolute Gasteiger partial charge is 0.0590 e. The molecule has 4 heteroatoms. The Morgan fingerprint density at radius 2 is 0.857 bits per heavy atom. The van der Waals surface area contributed by atoms with Crippen molar-refractivity contribution in [1.29, 1.82) is 0 Å². The lowest BCUT2D eigenvalue weighted by atomic mass is 10.0. The molecule has 0 radical (unpaired) electrons. The van der Waals surface area contributed by atoms with Crippen LogP contribution in [-0.2, 0) is 0 Å². The second-order valence-corrected chi connectivity index (χ2v) is 9.98. The lowest BCUT2D eigenvalue weighted by molar-refractivity contribution is 1.02. The fourth-order valence-electron chi connectivity index (χ4n) is 4.83. The first-order valence-corrected chi connectivity index (χ1v) is 14.0. The van der Waals surface area contributed by atoms with Crippen LogP contribution < -0.4 is 15.2 Å². The quantitative estimate of drug-likeness (QED) is 0.145. The average Bonchev–Trinajstić information content (AvgIpc) is 3.06. The maximum absolute atomic E-state index is 4.55. The molecule has 6 rings (SSSR count). The van der Waals surface area contributed by atoms with Crippen LogP contribution in [0.5, 0.6) is 0 Å². The number of rotatable bonds is 9. The van der Waals surface area contributed by atoms with Crippen LogP contribution in [0.15, 0.2) is 169 Å². The van der Waals surface area contributed by atoms with Gasteiger partial charge in [-0.3, -0.25) is 5.01 Å². The molecule has 6 aromatic carbocycles. The van der Waals surface area contributed by atoms with E-state index in [2.05, 4.69) is 137 Å². The molecule has 204 valence electrons. The maximum Gasteiger partial charge on any atom is 0.0590 e. The van der Waals surface area contributed by atoms with Gasteiger partial charge in [0.1, 0.15) is 0 Å². The van der Waals surface area contributed by atoms with Crippen molar-refractivity contribution in [1.82, 2.24) is 0 Å². The monoisotopic (exact) mass is 544 g/mol. The number of benzene rings is 6. The zero-order valence-electron chi connectivity index (χ0n) is 23.5. The van der Waals surface area contributed by atoms with Crippen LogP contribution in [0, 0.1) is 0 Å². The first-order valence-electron chi connectivity index (χ1n) is 14.0. The van der Waals surface area contributed by atoms with Crippen LogP contribution in [0.3, 0.4) is 0 Å². The van der Waals surface area contributed by atoms with Crippen molar-refractivity contribution in [2.75, 3.05) is 22.3 Å². The highest BCUT2D eigenvalue weighted by atomic mass is 15.4. The standard InChI is InChI=1S/C38H32N4/c1-41(35-11-5-2-6-12-35)39-29-30-17-23-33(24-18-30)40-34-25-19-31(20-26-34)32-21-27-38(28-22-32)42(36-13-7-3-8-14-36)37-15-9-4-10-16-37/h2-29,40H,1H3. The Morgan fingerprint density at radius 1 is 0.452 bits per heavy atom. The molecule has 0 spiro atoms. The van der Waals surface area contributed by atoms with Gasteiger partial charge in [0, 0.05) is 35.5 Å². The SMILES string of the molecule is CN(N=Cc1ccc(Nc2ccc(-c3ccc(N(c4ccccc4)c4ccccc4)cc3)cc2)cc1)c1ccccc1. The Morgan fingerprint density at radius 3 is 1.36 bits per heavy atom. The van der Waals surface area contributed by atoms with E-state index in [1.807, 2.05) is 60.7 Å². The minimum atomic E-state index is 1.03. The predicted molar refractivity (Wildman–Crippen MR) is 179 cm³/mol. The first kappa shape index (κ1) is 26.6. The van der Waals surface area contributed by atoms with Crippen LogP contribution in [-0.4, -0.2) is 13.3 Å². The van der Waals surface area contributed by atoms with Gasteiger partial charge in [-0.2, -0.15) is 5.10 Å². The molecule has 42 heavy (non-hydrogen) atoms. The minimum absolute atomic E-state index is 1.03.